The molecule has 0 aliphatic heterocycles. The molecular formula is C14H19N5O2. The van der Waals surface area contributed by atoms with Gasteiger partial charge in [-0.25, -0.2) is 0 Å². The predicted octanol–water partition coefficient (Wildman–Crippen LogP) is 1.40. The van der Waals surface area contributed by atoms with Crippen LogP contribution in [0.2, 0.25) is 0 Å². The average Bonchev–Trinajstić information content (AvgIpc) is 2.94. The summed E-state index contributed by atoms with van der Waals surface area (Å²) in [4.78, 5) is 16.1. The van der Waals surface area contributed by atoms with Crippen molar-refractivity contribution in [3.8, 4) is 17.1 Å². The number of para-hydroxylation sites is 1. The number of nitrogens with two attached hydrogens (primary N) is 1. The van der Waals surface area contributed by atoms with Crippen LogP contribution in [0.1, 0.15) is 13.8 Å². The molecule has 1 aromatic heterocycles. The minimum Gasteiger partial charge on any atom is -0.496 e. The van der Waals surface area contributed by atoms with E-state index in [1.165, 1.54) is 0 Å². The third-order valence-corrected chi connectivity index (χ3v) is 3.10. The fourth-order valence-electron chi connectivity index (χ4n) is 1.77. The van der Waals surface area contributed by atoms with Gasteiger partial charge in [0.25, 0.3) is 0 Å². The Kier molecular flexibility index (Phi) is 4.54. The molecule has 0 fully saturated rings. The van der Waals surface area contributed by atoms with Crippen LogP contribution in [0.4, 0.5) is 5.95 Å². The molecule has 4 N–H and O–H groups in total. The first-order valence-electron chi connectivity index (χ1n) is 6.65. The molecule has 7 nitrogen and oxygen atoms in total. The number of H-pyrrole nitrogens is 1. The van der Waals surface area contributed by atoms with E-state index in [0.29, 0.717) is 11.6 Å². The van der Waals surface area contributed by atoms with Gasteiger partial charge in [-0.1, -0.05) is 26.0 Å². The zero-order valence-corrected chi connectivity index (χ0v) is 12.3. The Morgan fingerprint density at radius 3 is 2.76 bits per heavy atom. The van der Waals surface area contributed by atoms with Crippen LogP contribution in [0.5, 0.6) is 5.75 Å². The molecule has 0 radical (unpaired) electrons. The molecule has 0 unspecified atom stereocenters. The number of benzene rings is 1. The number of nitrogens with one attached hydrogen (secondary N) is 2. The van der Waals surface area contributed by atoms with Crippen LogP contribution in [0.3, 0.4) is 0 Å². The standard InChI is InChI=1S/C14H19N5O2/c1-8(2)11(15)13(20)17-14-16-12(18-19-14)9-6-4-5-7-10(9)21-3/h4-8,11H,15H2,1-3H3,(H2,16,17,18,19,20)/t11-/m0/s1. The largest absolute Gasteiger partial charge is 0.496 e. The normalized spacial score (nSPS) is 12.2. The lowest BCUT2D eigenvalue weighted by molar-refractivity contribution is -0.118. The molecule has 1 heterocycles. The minimum absolute atomic E-state index is 0.0395. The maximum atomic E-state index is 11.9. The number of carbonyl (C=O) groups is 1. The summed E-state index contributed by atoms with van der Waals surface area (Å²) >= 11 is 0. The highest BCUT2D eigenvalue weighted by Crippen LogP contribution is 2.27. The highest BCUT2D eigenvalue weighted by Gasteiger charge is 2.19. The molecule has 21 heavy (non-hydrogen) atoms. The van der Waals surface area contributed by atoms with Gasteiger partial charge in [-0.15, -0.1) is 5.10 Å². The zero-order valence-electron chi connectivity index (χ0n) is 12.3. The Bertz CT molecular complexity index is 623. The van der Waals surface area contributed by atoms with Crippen LogP contribution in [-0.2, 0) is 4.79 Å². The van der Waals surface area contributed by atoms with Crippen molar-refractivity contribution in [2.45, 2.75) is 19.9 Å². The van der Waals surface area contributed by atoms with E-state index >= 15 is 0 Å². The number of anilines is 1. The molecule has 0 saturated carbocycles. The number of methoxy groups -OCH3 is 1. The second kappa shape index (κ2) is 6.36. The number of ether oxygens (including phenoxy) is 1. The fraction of sp³-hybridized carbons (Fsp3) is 0.357. The number of amides is 1. The summed E-state index contributed by atoms with van der Waals surface area (Å²) in [5, 5.41) is 9.34. The van der Waals surface area contributed by atoms with E-state index in [9.17, 15) is 4.79 Å². The number of hydrogen-bond donors (Lipinski definition) is 3. The number of nitrogens with zero attached hydrogens (tertiary/aromatic N) is 2. The highest BCUT2D eigenvalue weighted by molar-refractivity contribution is 5.93. The molecular weight excluding hydrogens is 270 g/mol. The van der Waals surface area contributed by atoms with Gasteiger partial charge in [0, 0.05) is 0 Å². The molecule has 0 aliphatic carbocycles. The van der Waals surface area contributed by atoms with E-state index in [4.69, 9.17) is 10.5 Å². The molecule has 2 aromatic rings. The van der Waals surface area contributed by atoms with Crippen LogP contribution in [0.25, 0.3) is 11.4 Å². The molecule has 1 atom stereocenters. The topological polar surface area (TPSA) is 106 Å². The summed E-state index contributed by atoms with van der Waals surface area (Å²) in [5.74, 6) is 1.11. The van der Waals surface area contributed by atoms with Crippen molar-refractivity contribution in [1.82, 2.24) is 15.2 Å². The SMILES string of the molecule is COc1ccccc1-c1nc(NC(=O)[C@@H](N)C(C)C)n[nH]1. The first-order chi connectivity index (χ1) is 10.0. The van der Waals surface area contributed by atoms with Gasteiger partial charge >= 0.3 is 0 Å². The van der Waals surface area contributed by atoms with Gasteiger partial charge in [0.15, 0.2) is 5.82 Å². The molecule has 1 amide bonds. The van der Waals surface area contributed by atoms with Crippen molar-refractivity contribution >= 4 is 11.9 Å². The monoisotopic (exact) mass is 289 g/mol. The van der Waals surface area contributed by atoms with E-state index in [0.717, 1.165) is 5.56 Å². The number of aromatic nitrogens is 3. The summed E-state index contributed by atoms with van der Waals surface area (Å²) in [6.07, 6.45) is 0. The van der Waals surface area contributed by atoms with Crippen LogP contribution < -0.4 is 15.8 Å². The lowest BCUT2D eigenvalue weighted by Crippen LogP contribution is -2.40. The smallest absolute Gasteiger partial charge is 0.249 e. The van der Waals surface area contributed by atoms with Crippen molar-refractivity contribution in [2.75, 3.05) is 12.4 Å². The summed E-state index contributed by atoms with van der Waals surface area (Å²) in [5.41, 5.74) is 6.54. The molecule has 0 saturated heterocycles. The first-order valence-corrected chi connectivity index (χ1v) is 6.65. The van der Waals surface area contributed by atoms with Crippen molar-refractivity contribution < 1.29 is 9.53 Å². The molecule has 0 aliphatic rings. The molecule has 0 spiro atoms. The molecule has 7 heteroatoms. The summed E-state index contributed by atoms with van der Waals surface area (Å²) < 4.78 is 5.26. The van der Waals surface area contributed by atoms with Gasteiger partial charge in [-0.3, -0.25) is 15.2 Å². The van der Waals surface area contributed by atoms with Crippen molar-refractivity contribution in [3.05, 3.63) is 24.3 Å². The maximum absolute atomic E-state index is 11.9. The molecule has 112 valence electrons. The van der Waals surface area contributed by atoms with Crippen molar-refractivity contribution in [2.24, 2.45) is 11.7 Å². The quantitative estimate of drug-likeness (QED) is 0.771. The maximum Gasteiger partial charge on any atom is 0.249 e. The van der Waals surface area contributed by atoms with E-state index in [-0.39, 0.29) is 17.8 Å². The lowest BCUT2D eigenvalue weighted by Gasteiger charge is -2.13. The summed E-state index contributed by atoms with van der Waals surface area (Å²) in [6, 6.07) is 6.81. The van der Waals surface area contributed by atoms with Gasteiger partial charge in [0.05, 0.1) is 18.7 Å². The van der Waals surface area contributed by atoms with Gasteiger partial charge < -0.3 is 10.5 Å². The van der Waals surface area contributed by atoms with E-state index < -0.39 is 6.04 Å². The fourth-order valence-corrected chi connectivity index (χ4v) is 1.77. The van der Waals surface area contributed by atoms with Crippen LogP contribution >= 0.6 is 0 Å². The molecule has 0 bridgehead atoms. The Morgan fingerprint density at radius 2 is 2.10 bits per heavy atom. The third kappa shape index (κ3) is 3.38. The Balaban J connectivity index is 2.17. The number of hydrogen-bond acceptors (Lipinski definition) is 5. The third-order valence-electron chi connectivity index (χ3n) is 3.10. The second-order valence-corrected chi connectivity index (χ2v) is 4.97. The van der Waals surface area contributed by atoms with Crippen molar-refractivity contribution in [3.63, 3.8) is 0 Å². The van der Waals surface area contributed by atoms with Gasteiger partial charge in [0.1, 0.15) is 5.75 Å². The Labute approximate surface area is 122 Å². The van der Waals surface area contributed by atoms with Gasteiger partial charge in [-0.2, -0.15) is 4.98 Å². The van der Waals surface area contributed by atoms with E-state index in [2.05, 4.69) is 20.5 Å². The van der Waals surface area contributed by atoms with E-state index in [1.54, 1.807) is 7.11 Å². The van der Waals surface area contributed by atoms with Crippen LogP contribution in [0, 0.1) is 5.92 Å². The van der Waals surface area contributed by atoms with Crippen LogP contribution in [0.15, 0.2) is 24.3 Å². The Morgan fingerprint density at radius 1 is 1.38 bits per heavy atom. The van der Waals surface area contributed by atoms with Crippen molar-refractivity contribution in [1.29, 1.82) is 0 Å². The number of aromatic amines is 1. The predicted molar refractivity (Wildman–Crippen MR) is 79.8 cm³/mol. The minimum atomic E-state index is -0.599. The first kappa shape index (κ1) is 15.0. The highest BCUT2D eigenvalue weighted by atomic mass is 16.5. The molecule has 1 aromatic carbocycles. The summed E-state index contributed by atoms with van der Waals surface area (Å²) in [7, 11) is 1.58. The van der Waals surface area contributed by atoms with Gasteiger partial charge in [0.2, 0.25) is 11.9 Å². The number of carbonyl (C=O) groups excluding carboxylic acids is 1. The average molecular weight is 289 g/mol. The summed E-state index contributed by atoms with van der Waals surface area (Å²) in [6.45, 7) is 3.75. The zero-order chi connectivity index (χ0) is 15.4. The second-order valence-electron chi connectivity index (χ2n) is 4.97. The van der Waals surface area contributed by atoms with E-state index in [1.807, 2.05) is 38.1 Å². The van der Waals surface area contributed by atoms with Gasteiger partial charge in [-0.05, 0) is 18.1 Å². The Hall–Kier alpha value is -2.41. The molecule has 2 rings (SSSR count). The van der Waals surface area contributed by atoms with Crippen LogP contribution in [-0.4, -0.2) is 34.2 Å². The number of rotatable bonds is 5. The lowest BCUT2D eigenvalue weighted by atomic mass is 10.1.